The minimum absolute atomic E-state index is 0.0992. The summed E-state index contributed by atoms with van der Waals surface area (Å²) in [5.41, 5.74) is 3.38. The van der Waals surface area contributed by atoms with Crippen molar-refractivity contribution in [2.45, 2.75) is 33.7 Å². The Hall–Kier alpha value is -2.03. The van der Waals surface area contributed by atoms with Crippen molar-refractivity contribution in [1.82, 2.24) is 5.32 Å². The summed E-state index contributed by atoms with van der Waals surface area (Å²) < 4.78 is 5.64. The van der Waals surface area contributed by atoms with Crippen molar-refractivity contribution in [2.75, 3.05) is 0 Å². The molecule has 1 N–H and O–H groups in total. The lowest BCUT2D eigenvalue weighted by molar-refractivity contribution is 0.0916. The maximum atomic E-state index is 11.8. The molecule has 3 heteroatoms. The van der Waals surface area contributed by atoms with Gasteiger partial charge in [-0.15, -0.1) is 0 Å². The first-order valence-electron chi connectivity index (χ1n) is 6.45. The number of hydrogen-bond donors (Lipinski definition) is 1. The number of benzene rings is 1. The number of amides is 1. The molecule has 3 nitrogen and oxygen atoms in total. The van der Waals surface area contributed by atoms with Crippen LogP contribution in [0.2, 0.25) is 0 Å². The number of carbonyl (C=O) groups excluding carboxylic acids is 1. The Morgan fingerprint density at radius 2 is 1.89 bits per heavy atom. The quantitative estimate of drug-likeness (QED) is 0.911. The topological polar surface area (TPSA) is 42.2 Å². The Bertz CT molecular complexity index is 597. The van der Waals surface area contributed by atoms with Gasteiger partial charge in [0.15, 0.2) is 5.76 Å². The third-order valence-electron chi connectivity index (χ3n) is 2.90. The molecule has 2 aromatic rings. The van der Waals surface area contributed by atoms with Gasteiger partial charge in [0, 0.05) is 11.6 Å². The number of rotatable bonds is 3. The second-order valence-corrected chi connectivity index (χ2v) is 5.11. The van der Waals surface area contributed by atoms with Gasteiger partial charge < -0.3 is 9.73 Å². The van der Waals surface area contributed by atoms with Gasteiger partial charge in [-0.25, -0.2) is 0 Å². The fourth-order valence-corrected chi connectivity index (χ4v) is 2.03. The van der Waals surface area contributed by atoms with Crippen molar-refractivity contribution in [3.63, 3.8) is 0 Å². The first-order valence-corrected chi connectivity index (χ1v) is 6.45. The molecule has 0 bridgehead atoms. The van der Waals surface area contributed by atoms with Crippen LogP contribution < -0.4 is 5.32 Å². The van der Waals surface area contributed by atoms with Crippen molar-refractivity contribution in [3.05, 3.63) is 47.2 Å². The van der Waals surface area contributed by atoms with Gasteiger partial charge in [-0.3, -0.25) is 4.79 Å². The summed E-state index contributed by atoms with van der Waals surface area (Å²) in [5, 5.41) is 2.81. The molecule has 0 radical (unpaired) electrons. The first kappa shape index (κ1) is 13.4. The van der Waals surface area contributed by atoms with Gasteiger partial charge in [0.2, 0.25) is 0 Å². The van der Waals surface area contributed by atoms with Crippen molar-refractivity contribution in [3.8, 4) is 11.3 Å². The summed E-state index contributed by atoms with van der Waals surface area (Å²) in [6, 6.07) is 9.82. The van der Waals surface area contributed by atoms with Gasteiger partial charge in [0.1, 0.15) is 5.76 Å². The van der Waals surface area contributed by atoms with Crippen LogP contribution in [-0.2, 0) is 0 Å². The lowest BCUT2D eigenvalue weighted by Crippen LogP contribution is -2.29. The normalized spacial score (nSPS) is 10.8. The molecular formula is C16H19NO2. The van der Waals surface area contributed by atoms with Crippen LogP contribution in [0.4, 0.5) is 0 Å². The fourth-order valence-electron chi connectivity index (χ4n) is 2.03. The van der Waals surface area contributed by atoms with E-state index in [0.29, 0.717) is 5.76 Å². The summed E-state index contributed by atoms with van der Waals surface area (Å²) in [6.45, 7) is 7.94. The Kier molecular flexibility index (Phi) is 3.74. The molecule has 0 saturated carbocycles. The molecule has 0 aliphatic heterocycles. The predicted octanol–water partition coefficient (Wildman–Crippen LogP) is 3.70. The van der Waals surface area contributed by atoms with Crippen molar-refractivity contribution >= 4 is 5.91 Å². The molecule has 1 amide bonds. The van der Waals surface area contributed by atoms with Gasteiger partial charge >= 0.3 is 0 Å². The standard InChI is InChI=1S/C16H19NO2/c1-10(2)17-16(18)15-8-7-14(19-15)13-6-5-11(3)9-12(13)4/h5-10H,1-4H3,(H,17,18). The van der Waals surface area contributed by atoms with Crippen LogP contribution in [0.15, 0.2) is 34.7 Å². The van der Waals surface area contributed by atoms with Crippen LogP contribution in [0.1, 0.15) is 35.5 Å². The van der Waals surface area contributed by atoms with Gasteiger partial charge in [0.05, 0.1) is 0 Å². The van der Waals surface area contributed by atoms with E-state index in [9.17, 15) is 4.79 Å². The third-order valence-corrected chi connectivity index (χ3v) is 2.90. The molecule has 0 fully saturated rings. The van der Waals surface area contributed by atoms with Gasteiger partial charge in [-0.2, -0.15) is 0 Å². The molecule has 2 rings (SSSR count). The molecule has 1 aromatic heterocycles. The van der Waals surface area contributed by atoms with E-state index in [2.05, 4.69) is 18.3 Å². The lowest BCUT2D eigenvalue weighted by atomic mass is 10.0. The second-order valence-electron chi connectivity index (χ2n) is 5.11. The van der Waals surface area contributed by atoms with E-state index in [0.717, 1.165) is 16.9 Å². The molecule has 0 aliphatic rings. The van der Waals surface area contributed by atoms with Crippen molar-refractivity contribution in [1.29, 1.82) is 0 Å². The molecule has 100 valence electrons. The van der Waals surface area contributed by atoms with E-state index < -0.39 is 0 Å². The Labute approximate surface area is 113 Å². The number of hydrogen-bond acceptors (Lipinski definition) is 2. The lowest BCUT2D eigenvalue weighted by Gasteiger charge is -2.06. The summed E-state index contributed by atoms with van der Waals surface area (Å²) in [5.74, 6) is 0.904. The maximum absolute atomic E-state index is 11.8. The summed E-state index contributed by atoms with van der Waals surface area (Å²) in [4.78, 5) is 11.8. The molecule has 0 unspecified atom stereocenters. The van der Waals surface area contributed by atoms with Gasteiger partial charge in [-0.1, -0.05) is 23.8 Å². The molecule has 19 heavy (non-hydrogen) atoms. The molecule has 1 aromatic carbocycles. The Morgan fingerprint density at radius 3 is 2.53 bits per heavy atom. The summed E-state index contributed by atoms with van der Waals surface area (Å²) in [7, 11) is 0. The molecule has 1 heterocycles. The SMILES string of the molecule is Cc1ccc(-c2ccc(C(=O)NC(C)C)o2)c(C)c1. The van der Waals surface area contributed by atoms with E-state index in [1.165, 1.54) is 5.56 Å². The zero-order valence-electron chi connectivity index (χ0n) is 11.8. The van der Waals surface area contributed by atoms with E-state index in [4.69, 9.17) is 4.42 Å². The van der Waals surface area contributed by atoms with E-state index >= 15 is 0 Å². The zero-order valence-corrected chi connectivity index (χ0v) is 11.8. The molecule has 0 spiro atoms. The monoisotopic (exact) mass is 257 g/mol. The highest BCUT2D eigenvalue weighted by atomic mass is 16.3. The maximum Gasteiger partial charge on any atom is 0.287 e. The average molecular weight is 257 g/mol. The molecular weight excluding hydrogens is 238 g/mol. The van der Waals surface area contributed by atoms with Crippen LogP contribution in [0.3, 0.4) is 0 Å². The van der Waals surface area contributed by atoms with Crippen LogP contribution in [0, 0.1) is 13.8 Å². The molecule has 0 atom stereocenters. The summed E-state index contributed by atoms with van der Waals surface area (Å²) in [6.07, 6.45) is 0. The highest BCUT2D eigenvalue weighted by molar-refractivity contribution is 5.92. The first-order chi connectivity index (χ1) is 8.97. The van der Waals surface area contributed by atoms with E-state index in [1.54, 1.807) is 6.07 Å². The predicted molar refractivity (Wildman–Crippen MR) is 76.2 cm³/mol. The van der Waals surface area contributed by atoms with E-state index in [-0.39, 0.29) is 11.9 Å². The minimum atomic E-state index is -0.175. The van der Waals surface area contributed by atoms with Crippen molar-refractivity contribution < 1.29 is 9.21 Å². The number of furan rings is 1. The second kappa shape index (κ2) is 5.31. The average Bonchev–Trinajstić information content (AvgIpc) is 2.77. The van der Waals surface area contributed by atoms with E-state index in [1.807, 2.05) is 39.0 Å². The van der Waals surface area contributed by atoms with Gasteiger partial charge in [0.25, 0.3) is 5.91 Å². The summed E-state index contributed by atoms with van der Waals surface area (Å²) >= 11 is 0. The van der Waals surface area contributed by atoms with Crippen LogP contribution in [0.5, 0.6) is 0 Å². The van der Waals surface area contributed by atoms with Crippen LogP contribution >= 0.6 is 0 Å². The smallest absolute Gasteiger partial charge is 0.287 e. The molecule has 0 aliphatic carbocycles. The molecule has 0 saturated heterocycles. The van der Waals surface area contributed by atoms with Gasteiger partial charge in [-0.05, 0) is 45.4 Å². The Balaban J connectivity index is 2.28. The van der Waals surface area contributed by atoms with Crippen LogP contribution in [0.25, 0.3) is 11.3 Å². The minimum Gasteiger partial charge on any atom is -0.451 e. The van der Waals surface area contributed by atoms with Crippen molar-refractivity contribution in [2.24, 2.45) is 0 Å². The third kappa shape index (κ3) is 3.05. The highest BCUT2D eigenvalue weighted by Gasteiger charge is 2.13. The fraction of sp³-hybridized carbons (Fsp3) is 0.312. The zero-order chi connectivity index (χ0) is 14.0. The van der Waals surface area contributed by atoms with Crippen LogP contribution in [-0.4, -0.2) is 11.9 Å². The largest absolute Gasteiger partial charge is 0.451 e. The Morgan fingerprint density at radius 1 is 1.16 bits per heavy atom. The number of nitrogens with one attached hydrogen (secondary N) is 1. The number of aryl methyl sites for hydroxylation is 2. The highest BCUT2D eigenvalue weighted by Crippen LogP contribution is 2.26. The number of carbonyl (C=O) groups is 1.